The van der Waals surface area contributed by atoms with E-state index in [0.717, 1.165) is 41.3 Å². The van der Waals surface area contributed by atoms with Gasteiger partial charge < -0.3 is 10.5 Å². The second kappa shape index (κ2) is 6.08. The molecule has 0 amide bonds. The molecule has 0 radical (unpaired) electrons. The SMILES string of the molecule is Cc1cc(C(N)CC2CCOc3ccccc32)ccc1Cl. The highest BCUT2D eigenvalue weighted by Gasteiger charge is 2.23. The standard InChI is InChI=1S/C18H20ClNO/c1-12-10-14(6-7-16(12)19)17(20)11-13-8-9-21-18-5-3-2-4-15(13)18/h2-7,10,13,17H,8-9,11,20H2,1H3. The van der Waals surface area contributed by atoms with E-state index in [0.29, 0.717) is 5.92 Å². The number of para-hydroxylation sites is 1. The van der Waals surface area contributed by atoms with Gasteiger partial charge >= 0.3 is 0 Å². The Labute approximate surface area is 130 Å². The zero-order valence-electron chi connectivity index (χ0n) is 12.2. The van der Waals surface area contributed by atoms with Crippen molar-refractivity contribution in [1.82, 2.24) is 0 Å². The van der Waals surface area contributed by atoms with E-state index in [1.54, 1.807) is 0 Å². The fraction of sp³-hybridized carbons (Fsp3) is 0.333. The quantitative estimate of drug-likeness (QED) is 0.899. The zero-order valence-corrected chi connectivity index (χ0v) is 12.9. The Hall–Kier alpha value is -1.51. The lowest BCUT2D eigenvalue weighted by Crippen LogP contribution is -2.20. The van der Waals surface area contributed by atoms with E-state index in [1.165, 1.54) is 5.56 Å². The van der Waals surface area contributed by atoms with E-state index < -0.39 is 0 Å². The van der Waals surface area contributed by atoms with Gasteiger partial charge in [-0.05, 0) is 54.5 Å². The molecule has 2 aromatic carbocycles. The molecule has 2 atom stereocenters. The maximum absolute atomic E-state index is 6.42. The van der Waals surface area contributed by atoms with Gasteiger partial charge in [0.25, 0.3) is 0 Å². The number of hydrogen-bond donors (Lipinski definition) is 1. The van der Waals surface area contributed by atoms with Crippen molar-refractivity contribution in [3.05, 3.63) is 64.2 Å². The fourth-order valence-corrected chi connectivity index (χ4v) is 3.12. The van der Waals surface area contributed by atoms with Gasteiger partial charge in [0.1, 0.15) is 5.75 Å². The third-order valence-corrected chi connectivity index (χ3v) is 4.66. The van der Waals surface area contributed by atoms with Crippen molar-refractivity contribution in [2.45, 2.75) is 31.7 Å². The third-order valence-electron chi connectivity index (χ3n) is 4.23. The van der Waals surface area contributed by atoms with Gasteiger partial charge in [0, 0.05) is 11.1 Å². The molecule has 0 aromatic heterocycles. The fourth-order valence-electron chi connectivity index (χ4n) is 3.00. The normalized spacial score (nSPS) is 18.7. The van der Waals surface area contributed by atoms with Crippen molar-refractivity contribution >= 4 is 11.6 Å². The molecule has 0 saturated carbocycles. The number of fused-ring (bicyclic) bond motifs is 1. The maximum atomic E-state index is 6.42. The van der Waals surface area contributed by atoms with Crippen LogP contribution in [0.15, 0.2) is 42.5 Å². The predicted octanol–water partition coefficient (Wildman–Crippen LogP) is 4.60. The highest BCUT2D eigenvalue weighted by atomic mass is 35.5. The summed E-state index contributed by atoms with van der Waals surface area (Å²) in [7, 11) is 0. The van der Waals surface area contributed by atoms with E-state index in [-0.39, 0.29) is 6.04 Å². The van der Waals surface area contributed by atoms with Crippen LogP contribution in [-0.4, -0.2) is 6.61 Å². The van der Waals surface area contributed by atoms with Gasteiger partial charge in [-0.15, -0.1) is 0 Å². The smallest absolute Gasteiger partial charge is 0.122 e. The number of aryl methyl sites for hydroxylation is 1. The van der Waals surface area contributed by atoms with Gasteiger partial charge in [-0.3, -0.25) is 0 Å². The lowest BCUT2D eigenvalue weighted by molar-refractivity contribution is 0.259. The lowest BCUT2D eigenvalue weighted by atomic mass is 9.85. The van der Waals surface area contributed by atoms with Crippen molar-refractivity contribution in [3.8, 4) is 5.75 Å². The summed E-state index contributed by atoms with van der Waals surface area (Å²) in [5.74, 6) is 1.47. The summed E-state index contributed by atoms with van der Waals surface area (Å²) in [6.07, 6.45) is 1.96. The van der Waals surface area contributed by atoms with Crippen LogP contribution in [0.4, 0.5) is 0 Å². The molecule has 110 valence electrons. The molecule has 1 heterocycles. The zero-order chi connectivity index (χ0) is 14.8. The van der Waals surface area contributed by atoms with Crippen LogP contribution in [0, 0.1) is 6.92 Å². The molecule has 2 nitrogen and oxygen atoms in total. The molecule has 0 saturated heterocycles. The summed E-state index contributed by atoms with van der Waals surface area (Å²) in [6, 6.07) is 14.4. The van der Waals surface area contributed by atoms with Gasteiger partial charge in [-0.1, -0.05) is 41.9 Å². The highest BCUT2D eigenvalue weighted by Crippen LogP contribution is 2.38. The molecule has 21 heavy (non-hydrogen) atoms. The second-order valence-electron chi connectivity index (χ2n) is 5.72. The molecular weight excluding hydrogens is 282 g/mol. The summed E-state index contributed by atoms with van der Waals surface area (Å²) >= 11 is 6.09. The van der Waals surface area contributed by atoms with Crippen molar-refractivity contribution in [1.29, 1.82) is 0 Å². The van der Waals surface area contributed by atoms with Crippen LogP contribution in [0.5, 0.6) is 5.75 Å². The van der Waals surface area contributed by atoms with Gasteiger partial charge in [-0.25, -0.2) is 0 Å². The first-order chi connectivity index (χ1) is 10.1. The molecule has 1 aliphatic rings. The summed E-state index contributed by atoms with van der Waals surface area (Å²) in [4.78, 5) is 0. The second-order valence-corrected chi connectivity index (χ2v) is 6.13. The highest BCUT2D eigenvalue weighted by molar-refractivity contribution is 6.31. The molecule has 1 aliphatic heterocycles. The summed E-state index contributed by atoms with van der Waals surface area (Å²) in [5.41, 5.74) is 9.93. The van der Waals surface area contributed by atoms with Crippen molar-refractivity contribution in [2.75, 3.05) is 6.61 Å². The lowest BCUT2D eigenvalue weighted by Gasteiger charge is -2.28. The van der Waals surface area contributed by atoms with E-state index >= 15 is 0 Å². The number of rotatable bonds is 3. The van der Waals surface area contributed by atoms with Crippen molar-refractivity contribution < 1.29 is 4.74 Å². The van der Waals surface area contributed by atoms with E-state index in [2.05, 4.69) is 18.2 Å². The summed E-state index contributed by atoms with van der Waals surface area (Å²) < 4.78 is 5.72. The average Bonchev–Trinajstić information content (AvgIpc) is 2.50. The number of ether oxygens (including phenoxy) is 1. The Morgan fingerprint density at radius 3 is 2.90 bits per heavy atom. The molecule has 0 bridgehead atoms. The van der Waals surface area contributed by atoms with Crippen LogP contribution in [-0.2, 0) is 0 Å². The molecule has 3 rings (SSSR count). The minimum Gasteiger partial charge on any atom is -0.493 e. The van der Waals surface area contributed by atoms with Gasteiger partial charge in [0.15, 0.2) is 0 Å². The van der Waals surface area contributed by atoms with Crippen LogP contribution in [0.3, 0.4) is 0 Å². The topological polar surface area (TPSA) is 35.2 Å². The van der Waals surface area contributed by atoms with Gasteiger partial charge in [-0.2, -0.15) is 0 Å². The Bertz CT molecular complexity index is 641. The van der Waals surface area contributed by atoms with Crippen LogP contribution in [0.25, 0.3) is 0 Å². The minimum atomic E-state index is 0.0251. The summed E-state index contributed by atoms with van der Waals surface area (Å²) in [5, 5.41) is 0.794. The molecule has 3 heteroatoms. The van der Waals surface area contributed by atoms with Crippen LogP contribution in [0.2, 0.25) is 5.02 Å². The van der Waals surface area contributed by atoms with E-state index in [4.69, 9.17) is 22.1 Å². The molecule has 0 fully saturated rings. The van der Waals surface area contributed by atoms with E-state index in [1.807, 2.05) is 31.2 Å². The Balaban J connectivity index is 1.79. The number of hydrogen-bond acceptors (Lipinski definition) is 2. The molecule has 0 spiro atoms. The number of halogens is 1. The summed E-state index contributed by atoms with van der Waals surface area (Å²) in [6.45, 7) is 2.79. The van der Waals surface area contributed by atoms with Gasteiger partial charge in [0.05, 0.1) is 6.61 Å². The van der Waals surface area contributed by atoms with Crippen molar-refractivity contribution in [2.24, 2.45) is 5.73 Å². The first-order valence-corrected chi connectivity index (χ1v) is 7.76. The first kappa shape index (κ1) is 14.4. The average molecular weight is 302 g/mol. The number of nitrogens with two attached hydrogens (primary N) is 1. The van der Waals surface area contributed by atoms with E-state index in [9.17, 15) is 0 Å². The third kappa shape index (κ3) is 3.07. The minimum absolute atomic E-state index is 0.0251. The number of benzene rings is 2. The van der Waals surface area contributed by atoms with Crippen molar-refractivity contribution in [3.63, 3.8) is 0 Å². The largest absolute Gasteiger partial charge is 0.493 e. The van der Waals surface area contributed by atoms with Crippen LogP contribution < -0.4 is 10.5 Å². The predicted molar refractivity (Wildman–Crippen MR) is 87.0 cm³/mol. The molecule has 2 aromatic rings. The maximum Gasteiger partial charge on any atom is 0.122 e. The van der Waals surface area contributed by atoms with Crippen LogP contribution >= 0.6 is 11.6 Å². The molecule has 0 aliphatic carbocycles. The van der Waals surface area contributed by atoms with Crippen LogP contribution in [0.1, 0.15) is 41.5 Å². The molecular formula is C18H20ClNO. The molecule has 2 unspecified atom stereocenters. The monoisotopic (exact) mass is 301 g/mol. The Morgan fingerprint density at radius 2 is 2.10 bits per heavy atom. The first-order valence-electron chi connectivity index (χ1n) is 7.38. The van der Waals surface area contributed by atoms with Gasteiger partial charge in [0.2, 0.25) is 0 Å². The molecule has 2 N–H and O–H groups in total. The Kier molecular flexibility index (Phi) is 4.18. The Morgan fingerprint density at radius 1 is 1.29 bits per heavy atom.